The number of ether oxygens (including phenoxy) is 2. The van der Waals surface area contributed by atoms with Crippen LogP contribution in [0.3, 0.4) is 0 Å². The predicted molar refractivity (Wildman–Crippen MR) is 85.1 cm³/mol. The number of nitro groups is 1. The summed E-state index contributed by atoms with van der Waals surface area (Å²) < 4.78 is 10.6. The highest BCUT2D eigenvalue weighted by atomic mass is 16.6. The van der Waals surface area contributed by atoms with Crippen molar-refractivity contribution in [3.63, 3.8) is 0 Å². The molecule has 0 saturated carbocycles. The summed E-state index contributed by atoms with van der Waals surface area (Å²) in [6.45, 7) is 5.63. The molecular weight excluding hydrogens is 300 g/mol. The summed E-state index contributed by atoms with van der Waals surface area (Å²) in [5, 5.41) is 14.4. The molecule has 0 spiro atoms. The van der Waals surface area contributed by atoms with Crippen LogP contribution in [-0.4, -0.2) is 27.5 Å². The first-order valence-corrected chi connectivity index (χ1v) is 6.89. The first-order valence-electron chi connectivity index (χ1n) is 6.89. The maximum atomic E-state index is 11.4. The van der Waals surface area contributed by atoms with Crippen molar-refractivity contribution in [2.45, 2.75) is 26.3 Å². The van der Waals surface area contributed by atoms with Crippen LogP contribution in [-0.2, 0) is 0 Å². The van der Waals surface area contributed by atoms with E-state index in [1.807, 2.05) is 20.8 Å². The Balaban J connectivity index is 2.37. The lowest BCUT2D eigenvalue weighted by molar-refractivity contribution is -0.385. The number of hydrogen-bond acceptors (Lipinski definition) is 7. The Kier molecular flexibility index (Phi) is 4.63. The third-order valence-corrected chi connectivity index (χ3v) is 2.74. The lowest BCUT2D eigenvalue weighted by Gasteiger charge is -2.21. The highest BCUT2D eigenvalue weighted by Crippen LogP contribution is 2.35. The van der Waals surface area contributed by atoms with Gasteiger partial charge in [0.2, 0.25) is 5.82 Å². The van der Waals surface area contributed by atoms with E-state index < -0.39 is 10.5 Å². The van der Waals surface area contributed by atoms with E-state index in [1.54, 1.807) is 31.4 Å². The summed E-state index contributed by atoms with van der Waals surface area (Å²) in [4.78, 5) is 18.7. The summed E-state index contributed by atoms with van der Waals surface area (Å²) >= 11 is 0. The molecule has 23 heavy (non-hydrogen) atoms. The Hall–Kier alpha value is -2.90. The normalized spacial score (nSPS) is 11.0. The molecule has 0 radical (unpaired) electrons. The molecule has 1 aromatic heterocycles. The monoisotopic (exact) mass is 318 g/mol. The summed E-state index contributed by atoms with van der Waals surface area (Å²) in [7, 11) is 1.55. The molecular formula is C15H18N4O4. The molecule has 0 unspecified atom stereocenters. The third-order valence-electron chi connectivity index (χ3n) is 2.74. The van der Waals surface area contributed by atoms with Crippen molar-refractivity contribution in [2.24, 2.45) is 0 Å². The Bertz CT molecular complexity index is 696. The first kappa shape index (κ1) is 16.5. The Labute approximate surface area is 133 Å². The summed E-state index contributed by atoms with van der Waals surface area (Å²) in [6.07, 6.45) is 1.22. The van der Waals surface area contributed by atoms with Crippen molar-refractivity contribution in [2.75, 3.05) is 12.4 Å². The molecule has 0 atom stereocenters. The van der Waals surface area contributed by atoms with E-state index in [0.717, 1.165) is 0 Å². The Morgan fingerprint density at radius 2 is 1.74 bits per heavy atom. The second-order valence-electron chi connectivity index (χ2n) is 5.79. The van der Waals surface area contributed by atoms with Gasteiger partial charge in [0.05, 0.1) is 12.0 Å². The fourth-order valence-electron chi connectivity index (χ4n) is 1.80. The number of rotatable bonds is 5. The number of methoxy groups -OCH3 is 1. The molecule has 1 aromatic carbocycles. The second kappa shape index (κ2) is 6.47. The topological polar surface area (TPSA) is 99.4 Å². The SMILES string of the molecule is COc1ccc(Oc2ncnc(NC(C)(C)C)c2[N+](=O)[O-])cc1. The van der Waals surface area contributed by atoms with E-state index in [2.05, 4.69) is 15.3 Å². The Morgan fingerprint density at radius 3 is 2.26 bits per heavy atom. The lowest BCUT2D eigenvalue weighted by Crippen LogP contribution is -2.27. The highest BCUT2D eigenvalue weighted by molar-refractivity contribution is 5.62. The van der Waals surface area contributed by atoms with Gasteiger partial charge in [0.1, 0.15) is 17.8 Å². The number of aromatic nitrogens is 2. The van der Waals surface area contributed by atoms with Crippen LogP contribution in [0.4, 0.5) is 11.5 Å². The van der Waals surface area contributed by atoms with Crippen LogP contribution in [0.2, 0.25) is 0 Å². The molecule has 0 saturated heterocycles. The van der Waals surface area contributed by atoms with Gasteiger partial charge >= 0.3 is 11.6 Å². The fourth-order valence-corrected chi connectivity index (χ4v) is 1.80. The maximum Gasteiger partial charge on any atom is 0.373 e. The molecule has 2 rings (SSSR count). The van der Waals surface area contributed by atoms with Crippen LogP contribution in [0.15, 0.2) is 30.6 Å². The van der Waals surface area contributed by atoms with Crippen LogP contribution in [0.25, 0.3) is 0 Å². The van der Waals surface area contributed by atoms with E-state index >= 15 is 0 Å². The van der Waals surface area contributed by atoms with Gasteiger partial charge in [-0.25, -0.2) is 4.98 Å². The minimum Gasteiger partial charge on any atom is -0.497 e. The van der Waals surface area contributed by atoms with Gasteiger partial charge in [-0.05, 0) is 45.0 Å². The van der Waals surface area contributed by atoms with Gasteiger partial charge in [0.15, 0.2) is 0 Å². The molecule has 0 fully saturated rings. The molecule has 0 bridgehead atoms. The first-order chi connectivity index (χ1) is 10.8. The van der Waals surface area contributed by atoms with Crippen molar-refractivity contribution in [3.8, 4) is 17.4 Å². The molecule has 1 heterocycles. The molecule has 0 aliphatic heterocycles. The van der Waals surface area contributed by atoms with Crippen LogP contribution in [0, 0.1) is 10.1 Å². The zero-order chi connectivity index (χ0) is 17.0. The van der Waals surface area contributed by atoms with E-state index in [-0.39, 0.29) is 17.4 Å². The van der Waals surface area contributed by atoms with Crippen LogP contribution in [0.1, 0.15) is 20.8 Å². The van der Waals surface area contributed by atoms with Crippen molar-refractivity contribution in [1.82, 2.24) is 9.97 Å². The number of benzene rings is 1. The number of anilines is 1. The maximum absolute atomic E-state index is 11.4. The van der Waals surface area contributed by atoms with Crippen molar-refractivity contribution in [3.05, 3.63) is 40.7 Å². The van der Waals surface area contributed by atoms with Gasteiger partial charge in [0.25, 0.3) is 0 Å². The van der Waals surface area contributed by atoms with E-state index in [0.29, 0.717) is 11.5 Å². The predicted octanol–water partition coefficient (Wildman–Crippen LogP) is 3.40. The van der Waals surface area contributed by atoms with Gasteiger partial charge in [0, 0.05) is 5.54 Å². The molecule has 2 aromatic rings. The minimum atomic E-state index is -0.563. The van der Waals surface area contributed by atoms with E-state index in [4.69, 9.17) is 9.47 Å². The quantitative estimate of drug-likeness (QED) is 0.666. The summed E-state index contributed by atoms with van der Waals surface area (Å²) in [5.74, 6) is 1.06. The number of hydrogen-bond donors (Lipinski definition) is 1. The molecule has 122 valence electrons. The molecule has 8 nitrogen and oxygen atoms in total. The van der Waals surface area contributed by atoms with E-state index in [1.165, 1.54) is 6.33 Å². The largest absolute Gasteiger partial charge is 0.497 e. The molecule has 0 amide bonds. The lowest BCUT2D eigenvalue weighted by atomic mass is 10.1. The number of nitrogens with zero attached hydrogens (tertiary/aromatic N) is 3. The van der Waals surface area contributed by atoms with E-state index in [9.17, 15) is 10.1 Å². The van der Waals surface area contributed by atoms with Crippen LogP contribution in [0.5, 0.6) is 17.4 Å². The van der Waals surface area contributed by atoms with Gasteiger partial charge < -0.3 is 14.8 Å². The molecule has 8 heteroatoms. The Morgan fingerprint density at radius 1 is 1.13 bits per heavy atom. The average molecular weight is 318 g/mol. The van der Waals surface area contributed by atoms with Gasteiger partial charge in [-0.3, -0.25) is 10.1 Å². The smallest absolute Gasteiger partial charge is 0.373 e. The van der Waals surface area contributed by atoms with Crippen molar-refractivity contribution >= 4 is 11.5 Å². The van der Waals surface area contributed by atoms with Gasteiger partial charge in [-0.15, -0.1) is 0 Å². The highest BCUT2D eigenvalue weighted by Gasteiger charge is 2.27. The van der Waals surface area contributed by atoms with Gasteiger partial charge in [-0.1, -0.05) is 0 Å². The zero-order valence-electron chi connectivity index (χ0n) is 13.4. The van der Waals surface area contributed by atoms with Crippen molar-refractivity contribution in [1.29, 1.82) is 0 Å². The standard InChI is InChI=1S/C15H18N4O4/c1-15(2,3)18-13-12(19(20)21)14(17-9-16-13)23-11-7-5-10(22-4)6-8-11/h5-9H,1-4H3,(H,16,17,18). The fraction of sp³-hybridized carbons (Fsp3) is 0.333. The molecule has 0 aliphatic carbocycles. The number of nitrogens with one attached hydrogen (secondary N) is 1. The third kappa shape index (κ3) is 4.29. The minimum absolute atomic E-state index is 0.112. The summed E-state index contributed by atoms with van der Waals surface area (Å²) in [5.41, 5.74) is -0.700. The average Bonchev–Trinajstić information content (AvgIpc) is 2.46. The molecule has 1 N–H and O–H groups in total. The van der Waals surface area contributed by atoms with Crippen molar-refractivity contribution < 1.29 is 14.4 Å². The van der Waals surface area contributed by atoms with Crippen LogP contribution >= 0.6 is 0 Å². The van der Waals surface area contributed by atoms with Gasteiger partial charge in [-0.2, -0.15) is 4.98 Å². The second-order valence-corrected chi connectivity index (χ2v) is 5.79. The summed E-state index contributed by atoms with van der Waals surface area (Å²) in [6, 6.07) is 6.66. The zero-order valence-corrected chi connectivity index (χ0v) is 13.4. The molecule has 0 aliphatic rings. The van der Waals surface area contributed by atoms with Crippen LogP contribution < -0.4 is 14.8 Å².